The molecule has 2 aliphatic rings. The number of urea groups is 1. The Morgan fingerprint density at radius 1 is 1.21 bits per heavy atom. The number of rotatable bonds is 5. The van der Waals surface area contributed by atoms with Gasteiger partial charge in [0.2, 0.25) is 5.91 Å². The summed E-state index contributed by atoms with van der Waals surface area (Å²) in [5.74, 6) is -1.72. The lowest BCUT2D eigenvalue weighted by atomic mass is 10.1. The van der Waals surface area contributed by atoms with Gasteiger partial charge in [-0.15, -0.1) is 0 Å². The zero-order valence-electron chi connectivity index (χ0n) is 13.3. The van der Waals surface area contributed by atoms with E-state index in [1.165, 1.54) is 26.5 Å². The van der Waals surface area contributed by atoms with Gasteiger partial charge < -0.3 is 9.47 Å². The molecule has 3 rings (SSSR count). The minimum atomic E-state index is -1.14. The van der Waals surface area contributed by atoms with Crippen LogP contribution in [-0.2, 0) is 9.59 Å². The quantitative estimate of drug-likeness (QED) is 0.644. The summed E-state index contributed by atoms with van der Waals surface area (Å²) in [7, 11) is 2.90. The molecule has 1 aromatic rings. The summed E-state index contributed by atoms with van der Waals surface area (Å²) < 4.78 is 10.3. The molecular formula is C16H17N3O5. The van der Waals surface area contributed by atoms with Crippen molar-refractivity contribution in [3.63, 3.8) is 0 Å². The van der Waals surface area contributed by atoms with Crippen LogP contribution in [0.3, 0.4) is 0 Å². The number of hydrogen-bond acceptors (Lipinski definition) is 6. The molecule has 24 heavy (non-hydrogen) atoms. The Labute approximate surface area is 138 Å². The number of methoxy groups -OCH3 is 2. The minimum Gasteiger partial charge on any atom is -0.497 e. The monoisotopic (exact) mass is 331 g/mol. The zero-order chi connectivity index (χ0) is 17.3. The van der Waals surface area contributed by atoms with Crippen LogP contribution >= 0.6 is 0 Å². The van der Waals surface area contributed by atoms with Gasteiger partial charge in [-0.05, 0) is 25.0 Å². The molecule has 1 N–H and O–H groups in total. The van der Waals surface area contributed by atoms with Crippen molar-refractivity contribution in [3.05, 3.63) is 18.2 Å². The van der Waals surface area contributed by atoms with E-state index in [9.17, 15) is 14.4 Å². The van der Waals surface area contributed by atoms with Crippen molar-refractivity contribution in [2.45, 2.75) is 18.9 Å². The van der Waals surface area contributed by atoms with Crippen LogP contribution in [0.25, 0.3) is 0 Å². The molecule has 2 fully saturated rings. The third-order valence-electron chi connectivity index (χ3n) is 3.82. The topological polar surface area (TPSA) is 97.3 Å². The summed E-state index contributed by atoms with van der Waals surface area (Å²) >= 11 is 0. The van der Waals surface area contributed by atoms with E-state index in [0.29, 0.717) is 11.5 Å². The molecule has 0 unspecified atom stereocenters. The number of imide groups is 2. The normalized spacial score (nSPS) is 21.2. The fourth-order valence-electron chi connectivity index (χ4n) is 2.35. The van der Waals surface area contributed by atoms with Gasteiger partial charge in [0.15, 0.2) is 5.92 Å². The molecule has 0 aromatic heterocycles. The number of ether oxygens (including phenoxy) is 2. The van der Waals surface area contributed by atoms with E-state index in [1.54, 1.807) is 12.1 Å². The first-order valence-electron chi connectivity index (χ1n) is 7.49. The first-order valence-corrected chi connectivity index (χ1v) is 7.49. The third kappa shape index (κ3) is 2.94. The van der Waals surface area contributed by atoms with Gasteiger partial charge in [-0.2, -0.15) is 0 Å². The second-order valence-corrected chi connectivity index (χ2v) is 5.51. The number of anilines is 1. The minimum absolute atomic E-state index is 0.169. The summed E-state index contributed by atoms with van der Waals surface area (Å²) in [4.78, 5) is 42.0. The highest BCUT2D eigenvalue weighted by Crippen LogP contribution is 2.34. The smallest absolute Gasteiger partial charge is 0.335 e. The van der Waals surface area contributed by atoms with Crippen LogP contribution in [0.4, 0.5) is 10.5 Å². The summed E-state index contributed by atoms with van der Waals surface area (Å²) in [6, 6.07) is 4.07. The number of barbiturate groups is 1. The highest BCUT2D eigenvalue weighted by molar-refractivity contribution is 6.33. The van der Waals surface area contributed by atoms with Gasteiger partial charge >= 0.3 is 6.03 Å². The molecule has 4 amide bonds. The first-order chi connectivity index (χ1) is 11.5. The van der Waals surface area contributed by atoms with Gasteiger partial charge in [0.25, 0.3) is 5.91 Å². The van der Waals surface area contributed by atoms with Crippen molar-refractivity contribution in [1.82, 2.24) is 5.32 Å². The molecule has 1 aromatic carbocycles. The van der Waals surface area contributed by atoms with Crippen LogP contribution in [0.2, 0.25) is 0 Å². The summed E-state index contributed by atoms with van der Waals surface area (Å²) in [6.45, 7) is 0. The van der Waals surface area contributed by atoms with Crippen molar-refractivity contribution < 1.29 is 23.9 Å². The second kappa shape index (κ2) is 6.31. The lowest BCUT2D eigenvalue weighted by Gasteiger charge is -2.29. The molecule has 0 radical (unpaired) electrons. The summed E-state index contributed by atoms with van der Waals surface area (Å²) in [5, 5.41) is 2.18. The Hall–Kier alpha value is -2.90. The van der Waals surface area contributed by atoms with Gasteiger partial charge in [0, 0.05) is 18.3 Å². The Morgan fingerprint density at radius 2 is 1.96 bits per heavy atom. The van der Waals surface area contributed by atoms with Crippen LogP contribution in [0.1, 0.15) is 12.8 Å². The predicted octanol–water partition coefficient (Wildman–Crippen LogP) is 1.14. The van der Waals surface area contributed by atoms with E-state index >= 15 is 0 Å². The third-order valence-corrected chi connectivity index (χ3v) is 3.82. The SMILES string of the molecule is COc1ccc(OC)c(N2C(=O)NC(=O)[C@@H](C=NC3CC3)C2=O)c1. The lowest BCUT2D eigenvalue weighted by Crippen LogP contribution is -2.58. The Bertz CT molecular complexity index is 726. The molecule has 1 saturated carbocycles. The van der Waals surface area contributed by atoms with Crippen LogP contribution in [0.15, 0.2) is 23.2 Å². The van der Waals surface area contributed by atoms with E-state index in [4.69, 9.17) is 9.47 Å². The van der Waals surface area contributed by atoms with Gasteiger partial charge in [0.05, 0.1) is 19.9 Å². The number of hydrogen-bond donors (Lipinski definition) is 1. The molecule has 1 aliphatic heterocycles. The molecule has 1 aliphatic carbocycles. The highest BCUT2D eigenvalue weighted by atomic mass is 16.5. The van der Waals surface area contributed by atoms with E-state index in [2.05, 4.69) is 10.3 Å². The van der Waals surface area contributed by atoms with Crippen LogP contribution < -0.4 is 19.7 Å². The van der Waals surface area contributed by atoms with Crippen molar-refractivity contribution >= 4 is 29.7 Å². The fourth-order valence-corrected chi connectivity index (χ4v) is 2.35. The van der Waals surface area contributed by atoms with Gasteiger partial charge in [-0.1, -0.05) is 0 Å². The molecule has 0 bridgehead atoms. The lowest BCUT2D eigenvalue weighted by molar-refractivity contribution is -0.131. The maximum absolute atomic E-state index is 12.7. The largest absolute Gasteiger partial charge is 0.497 e. The van der Waals surface area contributed by atoms with Crippen molar-refractivity contribution in [1.29, 1.82) is 0 Å². The van der Waals surface area contributed by atoms with Crippen LogP contribution in [0.5, 0.6) is 11.5 Å². The Morgan fingerprint density at radius 3 is 2.58 bits per heavy atom. The summed E-state index contributed by atoms with van der Waals surface area (Å²) in [6.07, 6.45) is 3.22. The van der Waals surface area contributed by atoms with Crippen molar-refractivity contribution in [2.24, 2.45) is 10.9 Å². The van der Waals surface area contributed by atoms with Crippen LogP contribution in [0, 0.1) is 5.92 Å². The number of nitrogens with zero attached hydrogens (tertiary/aromatic N) is 2. The molecule has 1 saturated heterocycles. The van der Waals surface area contributed by atoms with Gasteiger partial charge in [-0.3, -0.25) is 19.9 Å². The number of carbonyl (C=O) groups excluding carboxylic acids is 3. The standard InChI is InChI=1S/C16H17N3O5/c1-23-10-5-6-13(24-2)12(7-10)19-15(21)11(8-17-9-3-4-9)14(20)18-16(19)22/h5-9,11H,3-4H2,1-2H3,(H,18,20,22)/t11-/m1/s1. The first kappa shape index (κ1) is 16.0. The van der Waals surface area contributed by atoms with Gasteiger partial charge in [-0.25, -0.2) is 9.69 Å². The van der Waals surface area contributed by atoms with Gasteiger partial charge in [0.1, 0.15) is 11.5 Å². The molecule has 1 atom stereocenters. The molecule has 1 heterocycles. The molecule has 0 spiro atoms. The maximum atomic E-state index is 12.7. The number of carbonyl (C=O) groups is 3. The van der Waals surface area contributed by atoms with Crippen LogP contribution in [-0.4, -0.2) is 44.3 Å². The number of benzene rings is 1. The number of amides is 4. The van der Waals surface area contributed by atoms with E-state index in [-0.39, 0.29) is 11.7 Å². The molecule has 8 heteroatoms. The number of nitrogens with one attached hydrogen (secondary N) is 1. The van der Waals surface area contributed by atoms with Crippen molar-refractivity contribution in [2.75, 3.05) is 19.1 Å². The average Bonchev–Trinajstić information content (AvgIpc) is 3.38. The molecule has 8 nitrogen and oxygen atoms in total. The highest BCUT2D eigenvalue weighted by Gasteiger charge is 2.42. The van der Waals surface area contributed by atoms with Crippen molar-refractivity contribution in [3.8, 4) is 11.5 Å². The molecule has 126 valence electrons. The Kier molecular flexibility index (Phi) is 4.20. The second-order valence-electron chi connectivity index (χ2n) is 5.51. The maximum Gasteiger partial charge on any atom is 0.335 e. The fraction of sp³-hybridized carbons (Fsp3) is 0.375. The van der Waals surface area contributed by atoms with E-state index in [1.807, 2.05) is 0 Å². The molecular weight excluding hydrogens is 314 g/mol. The predicted molar refractivity (Wildman–Crippen MR) is 85.6 cm³/mol. The number of aliphatic imine (C=N–C) groups is 1. The average molecular weight is 331 g/mol. The summed E-state index contributed by atoms with van der Waals surface area (Å²) in [5.41, 5.74) is 0.205. The van der Waals surface area contributed by atoms with E-state index < -0.39 is 23.8 Å². The zero-order valence-corrected chi connectivity index (χ0v) is 13.3. The van der Waals surface area contributed by atoms with E-state index in [0.717, 1.165) is 17.7 Å². The Balaban J connectivity index is 1.97.